The lowest BCUT2D eigenvalue weighted by molar-refractivity contribution is -0.132. The van der Waals surface area contributed by atoms with Crippen LogP contribution in [-0.4, -0.2) is 60.9 Å². The Kier molecular flexibility index (Phi) is 5.88. The molecule has 3 aliphatic rings. The van der Waals surface area contributed by atoms with Crippen LogP contribution in [0.15, 0.2) is 46.2 Å². The summed E-state index contributed by atoms with van der Waals surface area (Å²) in [7, 11) is -3.67. The Hall–Kier alpha value is -2.85. The minimum atomic E-state index is -3.67. The second-order valence-electron chi connectivity index (χ2n) is 8.59. The van der Waals surface area contributed by atoms with Crippen molar-refractivity contribution in [1.82, 2.24) is 13.8 Å². The second-order valence-corrected chi connectivity index (χ2v) is 10.5. The van der Waals surface area contributed by atoms with E-state index in [9.17, 15) is 18.0 Å². The molecule has 0 radical (unpaired) electrons. The number of hydrogen-bond acceptors (Lipinski definition) is 6. The monoisotopic (exact) mass is 473 g/mol. The van der Waals surface area contributed by atoms with E-state index < -0.39 is 15.6 Å². The van der Waals surface area contributed by atoms with Gasteiger partial charge in [-0.2, -0.15) is 4.31 Å². The lowest BCUT2D eigenvalue weighted by Gasteiger charge is -2.27. The smallest absolute Gasteiger partial charge is 0.251 e. The topological polar surface area (TPSA) is 98.2 Å². The Labute approximate surface area is 192 Å². The van der Waals surface area contributed by atoms with Crippen molar-refractivity contribution in [3.63, 3.8) is 0 Å². The van der Waals surface area contributed by atoms with Crippen LogP contribution in [0.3, 0.4) is 0 Å². The molecule has 0 N–H and O–H groups in total. The van der Waals surface area contributed by atoms with Gasteiger partial charge in [0.25, 0.3) is 5.56 Å². The lowest BCUT2D eigenvalue weighted by Crippen LogP contribution is -2.36. The van der Waals surface area contributed by atoms with Crippen LogP contribution in [0, 0.1) is 0 Å². The summed E-state index contributed by atoms with van der Waals surface area (Å²) in [5.74, 6) is 1.16. The third-order valence-corrected chi connectivity index (χ3v) is 8.37. The number of sulfonamides is 1. The van der Waals surface area contributed by atoms with Crippen LogP contribution in [-0.2, 0) is 21.4 Å². The Balaban J connectivity index is 1.36. The van der Waals surface area contributed by atoms with Gasteiger partial charge < -0.3 is 18.9 Å². The summed E-state index contributed by atoms with van der Waals surface area (Å²) >= 11 is 0. The number of nitrogens with zero attached hydrogens (tertiary/aromatic N) is 3. The summed E-state index contributed by atoms with van der Waals surface area (Å²) in [5.41, 5.74) is 0.557. The van der Waals surface area contributed by atoms with Crippen LogP contribution in [0.1, 0.15) is 37.3 Å². The van der Waals surface area contributed by atoms with Crippen LogP contribution < -0.4 is 15.0 Å². The highest BCUT2D eigenvalue weighted by Gasteiger charge is 2.32. The molecule has 3 aliphatic heterocycles. The van der Waals surface area contributed by atoms with Crippen molar-refractivity contribution in [3.8, 4) is 11.5 Å². The van der Waals surface area contributed by atoms with Gasteiger partial charge in [0.15, 0.2) is 11.5 Å². The van der Waals surface area contributed by atoms with Gasteiger partial charge in [-0.1, -0.05) is 6.07 Å². The summed E-state index contributed by atoms with van der Waals surface area (Å²) in [4.78, 5) is 27.4. The highest BCUT2D eigenvalue weighted by Crippen LogP contribution is 2.38. The highest BCUT2D eigenvalue weighted by molar-refractivity contribution is 7.89. The summed E-state index contributed by atoms with van der Waals surface area (Å²) < 4.78 is 39.7. The molecule has 33 heavy (non-hydrogen) atoms. The van der Waals surface area contributed by atoms with Gasteiger partial charge in [0.05, 0.1) is 10.9 Å². The zero-order valence-corrected chi connectivity index (χ0v) is 19.1. The summed E-state index contributed by atoms with van der Waals surface area (Å²) in [6.45, 7) is 2.34. The molecule has 2 aromatic rings. The van der Waals surface area contributed by atoms with E-state index in [4.69, 9.17) is 9.47 Å². The Morgan fingerprint density at radius 1 is 0.970 bits per heavy atom. The Morgan fingerprint density at radius 3 is 2.52 bits per heavy atom. The van der Waals surface area contributed by atoms with Gasteiger partial charge in [0.2, 0.25) is 15.9 Å². The van der Waals surface area contributed by atoms with E-state index in [0.29, 0.717) is 44.3 Å². The minimum Gasteiger partial charge on any atom is -0.486 e. The predicted octanol–water partition coefficient (Wildman–Crippen LogP) is 1.77. The molecule has 9 nitrogen and oxygen atoms in total. The normalized spacial score (nSPS) is 20.8. The second kappa shape index (κ2) is 8.83. The number of likely N-dealkylation sites (tertiary alicyclic amines) is 1. The standard InChI is InChI=1S/C23H27N3O6S/c27-22-8-6-18(33(29,30)25-9-1-2-10-25)15-24(22)16-23(28)26-11-3-4-19(26)17-5-7-20-21(14-17)32-13-12-31-20/h5-8,14-15,19H,1-4,9-13,16H2/t19-/m0/s1. The first-order chi connectivity index (χ1) is 15.9. The minimum absolute atomic E-state index is 0.0432. The molecule has 176 valence electrons. The van der Waals surface area contributed by atoms with E-state index in [0.717, 1.165) is 31.2 Å². The number of ether oxygens (including phenoxy) is 2. The number of amides is 1. The van der Waals surface area contributed by atoms with Crippen LogP contribution in [0.25, 0.3) is 0 Å². The maximum absolute atomic E-state index is 13.2. The zero-order chi connectivity index (χ0) is 23.0. The van der Waals surface area contributed by atoms with Crippen molar-refractivity contribution < 1.29 is 22.7 Å². The molecule has 0 aliphatic carbocycles. The molecule has 0 spiro atoms. The number of rotatable bonds is 5. The molecule has 5 rings (SSSR count). The van der Waals surface area contributed by atoms with Gasteiger partial charge in [-0.25, -0.2) is 8.42 Å². The first-order valence-electron chi connectivity index (χ1n) is 11.3. The first-order valence-corrected chi connectivity index (χ1v) is 12.8. The number of benzene rings is 1. The maximum Gasteiger partial charge on any atom is 0.251 e. The molecule has 0 bridgehead atoms. The van der Waals surface area contributed by atoms with E-state index in [1.807, 2.05) is 18.2 Å². The number of carbonyl (C=O) groups excluding carboxylic acids is 1. The maximum atomic E-state index is 13.2. The molecule has 1 amide bonds. The molecule has 4 heterocycles. The average Bonchev–Trinajstić information content (AvgIpc) is 3.53. The lowest BCUT2D eigenvalue weighted by atomic mass is 10.0. The van der Waals surface area contributed by atoms with Crippen molar-refractivity contribution in [2.24, 2.45) is 0 Å². The molecule has 2 fully saturated rings. The van der Waals surface area contributed by atoms with Crippen LogP contribution >= 0.6 is 0 Å². The molecule has 1 aromatic heterocycles. The molecular weight excluding hydrogens is 446 g/mol. The highest BCUT2D eigenvalue weighted by atomic mass is 32.2. The van der Waals surface area contributed by atoms with Crippen molar-refractivity contribution >= 4 is 15.9 Å². The first kappa shape index (κ1) is 22.0. The van der Waals surface area contributed by atoms with Crippen molar-refractivity contribution in [1.29, 1.82) is 0 Å². The van der Waals surface area contributed by atoms with Gasteiger partial charge >= 0.3 is 0 Å². The van der Waals surface area contributed by atoms with Crippen molar-refractivity contribution in [2.45, 2.75) is 43.2 Å². The third kappa shape index (κ3) is 4.24. The van der Waals surface area contributed by atoms with E-state index >= 15 is 0 Å². The molecule has 1 aromatic carbocycles. The fraction of sp³-hybridized carbons (Fsp3) is 0.478. The molecular formula is C23H27N3O6S. The summed E-state index contributed by atoms with van der Waals surface area (Å²) in [6, 6.07) is 8.14. The van der Waals surface area contributed by atoms with Crippen LogP contribution in [0.4, 0.5) is 0 Å². The molecule has 0 unspecified atom stereocenters. The number of fused-ring (bicyclic) bond motifs is 1. The van der Waals surface area contributed by atoms with Gasteiger partial charge in [-0.05, 0) is 49.4 Å². The van der Waals surface area contributed by atoms with Gasteiger partial charge in [-0.3, -0.25) is 9.59 Å². The molecule has 0 saturated carbocycles. The Bertz CT molecular complexity index is 1220. The van der Waals surface area contributed by atoms with E-state index in [-0.39, 0.29) is 23.4 Å². The van der Waals surface area contributed by atoms with Crippen molar-refractivity contribution in [2.75, 3.05) is 32.8 Å². The quantitative estimate of drug-likeness (QED) is 0.657. The van der Waals surface area contributed by atoms with Gasteiger partial charge in [0.1, 0.15) is 19.8 Å². The zero-order valence-electron chi connectivity index (χ0n) is 18.3. The van der Waals surface area contributed by atoms with E-state index in [2.05, 4.69) is 0 Å². The van der Waals surface area contributed by atoms with Crippen molar-refractivity contribution in [3.05, 3.63) is 52.4 Å². The largest absolute Gasteiger partial charge is 0.486 e. The van der Waals surface area contributed by atoms with Gasteiger partial charge in [-0.15, -0.1) is 0 Å². The number of carbonyl (C=O) groups is 1. The molecule has 1 atom stereocenters. The number of aromatic nitrogens is 1. The van der Waals surface area contributed by atoms with E-state index in [1.165, 1.54) is 27.2 Å². The molecule has 2 saturated heterocycles. The average molecular weight is 474 g/mol. The predicted molar refractivity (Wildman–Crippen MR) is 120 cm³/mol. The van der Waals surface area contributed by atoms with Gasteiger partial charge in [0, 0.05) is 31.9 Å². The number of pyridine rings is 1. The SMILES string of the molecule is O=C(Cn1cc(S(=O)(=O)N2CCCC2)ccc1=O)N1CCC[C@H]1c1ccc2c(c1)OCCO2. The van der Waals surface area contributed by atoms with Crippen LogP contribution in [0.2, 0.25) is 0 Å². The third-order valence-electron chi connectivity index (χ3n) is 6.49. The Morgan fingerprint density at radius 2 is 1.73 bits per heavy atom. The molecule has 10 heteroatoms. The fourth-order valence-electron chi connectivity index (χ4n) is 4.78. The summed E-state index contributed by atoms with van der Waals surface area (Å²) in [5, 5.41) is 0. The van der Waals surface area contributed by atoms with E-state index in [1.54, 1.807) is 4.90 Å². The number of hydrogen-bond donors (Lipinski definition) is 0. The van der Waals surface area contributed by atoms with Crippen LogP contribution in [0.5, 0.6) is 11.5 Å². The fourth-order valence-corrected chi connectivity index (χ4v) is 6.32. The summed E-state index contributed by atoms with van der Waals surface area (Å²) in [6.07, 6.45) is 4.61.